The van der Waals surface area contributed by atoms with Crippen molar-refractivity contribution in [2.45, 2.75) is 6.54 Å². The van der Waals surface area contributed by atoms with Gasteiger partial charge in [0, 0.05) is 42.5 Å². The molecule has 150 valence electrons. The number of guanidine groups is 1. The second-order valence-electron chi connectivity index (χ2n) is 6.64. The first-order valence-corrected chi connectivity index (χ1v) is 9.60. The normalized spacial score (nSPS) is 15.0. The Morgan fingerprint density at radius 3 is 2.45 bits per heavy atom. The summed E-state index contributed by atoms with van der Waals surface area (Å²) in [7, 11) is 0. The summed E-state index contributed by atoms with van der Waals surface area (Å²) >= 11 is 5.89. The maximum Gasteiger partial charge on any atom is 0.248 e. The number of aromatic nitrogens is 2. The summed E-state index contributed by atoms with van der Waals surface area (Å²) in [4.78, 5) is 12.9. The number of benzene rings is 2. The molecule has 4 rings (SSSR count). The molecule has 0 unspecified atom stereocenters. The van der Waals surface area contributed by atoms with Crippen LogP contribution in [0.25, 0.3) is 11.4 Å². The lowest BCUT2D eigenvalue weighted by Crippen LogP contribution is -2.51. The van der Waals surface area contributed by atoms with Crippen molar-refractivity contribution >= 4 is 23.2 Å². The van der Waals surface area contributed by atoms with Crippen molar-refractivity contribution in [3.05, 3.63) is 65.3 Å². The lowest BCUT2D eigenvalue weighted by atomic mass is 10.2. The van der Waals surface area contributed by atoms with Gasteiger partial charge < -0.3 is 20.1 Å². The molecular weight excluding hydrogens is 395 g/mol. The Kier molecular flexibility index (Phi) is 5.62. The maximum atomic E-state index is 13.1. The van der Waals surface area contributed by atoms with Crippen LogP contribution in [0.5, 0.6) is 0 Å². The molecule has 0 bridgehead atoms. The average Bonchev–Trinajstić information content (AvgIpc) is 3.22. The first-order chi connectivity index (χ1) is 14.1. The smallest absolute Gasteiger partial charge is 0.248 e. The van der Waals surface area contributed by atoms with E-state index in [4.69, 9.17) is 21.9 Å². The van der Waals surface area contributed by atoms with Crippen LogP contribution in [-0.2, 0) is 6.54 Å². The largest absolute Gasteiger partial charge is 0.370 e. The summed E-state index contributed by atoms with van der Waals surface area (Å²) in [5.74, 6) is 1.08. The van der Waals surface area contributed by atoms with Gasteiger partial charge in [0.1, 0.15) is 12.4 Å². The Balaban J connectivity index is 1.33. The molecule has 1 fully saturated rings. The monoisotopic (exact) mass is 414 g/mol. The van der Waals surface area contributed by atoms with E-state index in [1.807, 2.05) is 17.0 Å². The molecule has 1 aliphatic heterocycles. The second-order valence-corrected chi connectivity index (χ2v) is 7.08. The lowest BCUT2D eigenvalue weighted by molar-refractivity contribution is 0.370. The van der Waals surface area contributed by atoms with Gasteiger partial charge in [-0.15, -0.1) is 0 Å². The van der Waals surface area contributed by atoms with Gasteiger partial charge in [-0.25, -0.2) is 9.38 Å². The van der Waals surface area contributed by atoms with Gasteiger partial charge >= 0.3 is 0 Å². The van der Waals surface area contributed by atoms with Crippen LogP contribution in [-0.4, -0.2) is 47.2 Å². The van der Waals surface area contributed by atoms with Crippen molar-refractivity contribution in [2.24, 2.45) is 10.7 Å². The zero-order chi connectivity index (χ0) is 20.2. The van der Waals surface area contributed by atoms with Crippen molar-refractivity contribution in [2.75, 3.05) is 31.1 Å². The fourth-order valence-electron chi connectivity index (χ4n) is 3.13. The molecule has 1 aliphatic rings. The van der Waals surface area contributed by atoms with Gasteiger partial charge in [0.2, 0.25) is 11.7 Å². The van der Waals surface area contributed by atoms with E-state index in [1.165, 1.54) is 12.1 Å². The molecule has 3 aromatic rings. The summed E-state index contributed by atoms with van der Waals surface area (Å²) in [6.07, 6.45) is 0. The predicted octanol–water partition coefficient (Wildman–Crippen LogP) is 3.17. The molecule has 7 nitrogen and oxygen atoms in total. The average molecular weight is 415 g/mol. The molecule has 0 radical (unpaired) electrons. The quantitative estimate of drug-likeness (QED) is 0.521. The van der Waals surface area contributed by atoms with E-state index in [1.54, 1.807) is 24.3 Å². The minimum Gasteiger partial charge on any atom is -0.370 e. The maximum absolute atomic E-state index is 13.1. The minimum absolute atomic E-state index is 0.213. The fourth-order valence-corrected chi connectivity index (χ4v) is 3.26. The first-order valence-electron chi connectivity index (χ1n) is 9.22. The third-order valence-electron chi connectivity index (χ3n) is 4.74. The predicted molar refractivity (Wildman–Crippen MR) is 110 cm³/mol. The molecule has 0 aliphatic carbocycles. The standard InChI is InChI=1S/C20H20ClFN6O/c21-15-3-1-14(2-4-15)19-25-18(29-26-19)13-24-20(23)28-11-9-27(10-12-28)17-7-5-16(22)6-8-17/h1-8H,9-13H2,(H2,23,24). The Labute approximate surface area is 172 Å². The van der Waals surface area contributed by atoms with Crippen molar-refractivity contribution in [1.29, 1.82) is 0 Å². The van der Waals surface area contributed by atoms with Gasteiger partial charge in [0.25, 0.3) is 0 Å². The van der Waals surface area contributed by atoms with Gasteiger partial charge in [-0.3, -0.25) is 0 Å². The Bertz CT molecular complexity index is 981. The molecule has 1 saturated heterocycles. The van der Waals surface area contributed by atoms with Gasteiger partial charge in [0.15, 0.2) is 5.96 Å². The summed E-state index contributed by atoms with van der Waals surface area (Å²) in [6, 6.07) is 13.7. The molecule has 0 saturated carbocycles. The number of nitrogens with zero attached hydrogens (tertiary/aromatic N) is 5. The highest BCUT2D eigenvalue weighted by atomic mass is 35.5. The highest BCUT2D eigenvalue weighted by Gasteiger charge is 2.19. The fraction of sp³-hybridized carbons (Fsp3) is 0.250. The third-order valence-corrected chi connectivity index (χ3v) is 4.99. The first kappa shape index (κ1) is 19.2. The highest BCUT2D eigenvalue weighted by molar-refractivity contribution is 6.30. The van der Waals surface area contributed by atoms with E-state index in [-0.39, 0.29) is 12.4 Å². The number of piperazine rings is 1. The highest BCUT2D eigenvalue weighted by Crippen LogP contribution is 2.19. The van der Waals surface area contributed by atoms with Crippen molar-refractivity contribution in [3.63, 3.8) is 0 Å². The SMILES string of the molecule is NC(=NCc1nc(-c2ccc(Cl)cc2)no1)N1CCN(c2ccc(F)cc2)CC1. The van der Waals surface area contributed by atoms with Gasteiger partial charge in [-0.2, -0.15) is 4.98 Å². The Hall–Kier alpha value is -3.13. The van der Waals surface area contributed by atoms with E-state index in [0.717, 1.165) is 37.4 Å². The number of rotatable bonds is 4. The van der Waals surface area contributed by atoms with E-state index >= 15 is 0 Å². The van der Waals surface area contributed by atoms with E-state index in [2.05, 4.69) is 20.0 Å². The molecule has 1 aromatic heterocycles. The van der Waals surface area contributed by atoms with Crippen LogP contribution in [0.2, 0.25) is 5.02 Å². The molecule has 0 amide bonds. The van der Waals surface area contributed by atoms with Crippen LogP contribution in [0.3, 0.4) is 0 Å². The number of anilines is 1. The second kappa shape index (κ2) is 8.48. The third kappa shape index (κ3) is 4.65. The van der Waals surface area contributed by atoms with Crippen molar-refractivity contribution in [1.82, 2.24) is 15.0 Å². The summed E-state index contributed by atoms with van der Waals surface area (Å²) < 4.78 is 18.3. The van der Waals surface area contributed by atoms with Crippen LogP contribution in [0, 0.1) is 5.82 Å². The van der Waals surface area contributed by atoms with E-state index < -0.39 is 0 Å². The van der Waals surface area contributed by atoms with Gasteiger partial charge in [-0.05, 0) is 48.5 Å². The van der Waals surface area contributed by atoms with E-state index in [0.29, 0.717) is 22.7 Å². The molecule has 9 heteroatoms. The van der Waals surface area contributed by atoms with Crippen LogP contribution in [0.4, 0.5) is 10.1 Å². The van der Waals surface area contributed by atoms with Gasteiger partial charge in [0.05, 0.1) is 0 Å². The molecular formula is C20H20ClFN6O. The van der Waals surface area contributed by atoms with Crippen LogP contribution in [0.15, 0.2) is 58.0 Å². The topological polar surface area (TPSA) is 83.8 Å². The summed E-state index contributed by atoms with van der Waals surface area (Å²) in [6.45, 7) is 3.23. The molecule has 2 aromatic carbocycles. The summed E-state index contributed by atoms with van der Waals surface area (Å²) in [5, 5.41) is 4.62. The molecule has 29 heavy (non-hydrogen) atoms. The Morgan fingerprint density at radius 1 is 1.07 bits per heavy atom. The molecule has 0 spiro atoms. The lowest BCUT2D eigenvalue weighted by Gasteiger charge is -2.36. The van der Waals surface area contributed by atoms with Crippen LogP contribution >= 0.6 is 11.6 Å². The van der Waals surface area contributed by atoms with Crippen LogP contribution < -0.4 is 10.6 Å². The molecule has 2 N–H and O–H groups in total. The molecule has 2 heterocycles. The number of aliphatic imine (C=N–C) groups is 1. The minimum atomic E-state index is -0.232. The summed E-state index contributed by atoms with van der Waals surface area (Å²) in [5.41, 5.74) is 7.96. The number of halogens is 2. The Morgan fingerprint density at radius 2 is 1.76 bits per heavy atom. The van der Waals surface area contributed by atoms with Crippen molar-refractivity contribution in [3.8, 4) is 11.4 Å². The number of nitrogens with two attached hydrogens (primary N) is 1. The zero-order valence-electron chi connectivity index (χ0n) is 15.6. The van der Waals surface area contributed by atoms with E-state index in [9.17, 15) is 4.39 Å². The number of hydrogen-bond acceptors (Lipinski definition) is 5. The number of hydrogen-bond donors (Lipinski definition) is 1. The van der Waals surface area contributed by atoms with Crippen molar-refractivity contribution < 1.29 is 8.91 Å². The molecule has 0 atom stereocenters. The zero-order valence-corrected chi connectivity index (χ0v) is 16.4. The van der Waals surface area contributed by atoms with Gasteiger partial charge in [-0.1, -0.05) is 16.8 Å². The van der Waals surface area contributed by atoms with Crippen LogP contribution in [0.1, 0.15) is 5.89 Å².